The van der Waals surface area contributed by atoms with Crippen molar-refractivity contribution in [1.29, 1.82) is 0 Å². The van der Waals surface area contributed by atoms with Gasteiger partial charge in [0.2, 0.25) is 11.8 Å². The highest BCUT2D eigenvalue weighted by molar-refractivity contribution is 6.35. The standard InChI is InChI=1S/C21H25Cl2N3O2/c1-4-15-7-5-6-8-19(15)25-20(27)13-26(3)21(28)12-24-14(2)17-10-9-16(22)11-18(17)23/h5-11,14,24H,4,12-13H2,1-3H3,(H,25,27)/t14-/m1/s1. The van der Waals surface area contributed by atoms with Crippen molar-refractivity contribution in [3.63, 3.8) is 0 Å². The molecule has 0 aliphatic rings. The highest BCUT2D eigenvalue weighted by Gasteiger charge is 2.16. The monoisotopic (exact) mass is 421 g/mol. The lowest BCUT2D eigenvalue weighted by Crippen LogP contribution is -2.40. The molecule has 0 radical (unpaired) electrons. The Labute approximate surface area is 176 Å². The third-order valence-electron chi connectivity index (χ3n) is 4.47. The third-order valence-corrected chi connectivity index (χ3v) is 5.03. The quantitative estimate of drug-likeness (QED) is 0.667. The predicted octanol–water partition coefficient (Wildman–Crippen LogP) is 4.30. The summed E-state index contributed by atoms with van der Waals surface area (Å²) in [4.78, 5) is 26.0. The number of nitrogens with one attached hydrogen (secondary N) is 2. The molecule has 2 aromatic carbocycles. The van der Waals surface area contributed by atoms with Crippen LogP contribution in [0, 0.1) is 0 Å². The molecule has 0 heterocycles. The molecule has 0 aliphatic carbocycles. The fraction of sp³-hybridized carbons (Fsp3) is 0.333. The smallest absolute Gasteiger partial charge is 0.243 e. The van der Waals surface area contributed by atoms with Gasteiger partial charge in [0.05, 0.1) is 13.1 Å². The van der Waals surface area contributed by atoms with Gasteiger partial charge in [-0.05, 0) is 42.7 Å². The van der Waals surface area contributed by atoms with Crippen molar-refractivity contribution in [3.05, 3.63) is 63.6 Å². The first-order chi connectivity index (χ1) is 13.3. The van der Waals surface area contributed by atoms with Gasteiger partial charge < -0.3 is 15.5 Å². The van der Waals surface area contributed by atoms with Gasteiger partial charge in [0.25, 0.3) is 0 Å². The molecule has 28 heavy (non-hydrogen) atoms. The topological polar surface area (TPSA) is 61.4 Å². The van der Waals surface area contributed by atoms with Crippen molar-refractivity contribution >= 4 is 40.7 Å². The summed E-state index contributed by atoms with van der Waals surface area (Å²) in [6, 6.07) is 12.8. The van der Waals surface area contributed by atoms with Crippen LogP contribution in [0.3, 0.4) is 0 Å². The molecule has 2 amide bonds. The van der Waals surface area contributed by atoms with Crippen molar-refractivity contribution in [2.75, 3.05) is 25.5 Å². The molecule has 0 bridgehead atoms. The summed E-state index contributed by atoms with van der Waals surface area (Å²) < 4.78 is 0. The number of nitrogens with zero attached hydrogens (tertiary/aromatic N) is 1. The first-order valence-electron chi connectivity index (χ1n) is 9.11. The number of benzene rings is 2. The second-order valence-electron chi connectivity index (χ2n) is 6.58. The van der Waals surface area contributed by atoms with E-state index in [-0.39, 0.29) is 30.9 Å². The SMILES string of the molecule is CCc1ccccc1NC(=O)CN(C)C(=O)CN[C@H](C)c1ccc(Cl)cc1Cl. The first-order valence-corrected chi connectivity index (χ1v) is 9.87. The van der Waals surface area contributed by atoms with E-state index in [0.29, 0.717) is 10.0 Å². The number of carbonyl (C=O) groups is 2. The zero-order chi connectivity index (χ0) is 20.7. The Hall–Kier alpha value is -2.08. The summed E-state index contributed by atoms with van der Waals surface area (Å²) in [7, 11) is 1.61. The van der Waals surface area contributed by atoms with Crippen LogP contribution in [0.1, 0.15) is 31.0 Å². The number of para-hydroxylation sites is 1. The fourth-order valence-corrected chi connectivity index (χ4v) is 3.35. The van der Waals surface area contributed by atoms with Crippen LogP contribution in [-0.2, 0) is 16.0 Å². The number of hydrogen-bond donors (Lipinski definition) is 2. The lowest BCUT2D eigenvalue weighted by Gasteiger charge is -2.20. The minimum absolute atomic E-state index is 0.0192. The molecule has 7 heteroatoms. The maximum absolute atomic E-state index is 12.4. The number of rotatable bonds is 8. The Balaban J connectivity index is 1.85. The molecule has 0 aromatic heterocycles. The second kappa shape index (κ2) is 10.5. The number of hydrogen-bond acceptors (Lipinski definition) is 3. The van der Waals surface area contributed by atoms with Gasteiger partial charge in [-0.3, -0.25) is 9.59 Å². The van der Waals surface area contributed by atoms with E-state index in [1.165, 1.54) is 4.90 Å². The van der Waals surface area contributed by atoms with Crippen molar-refractivity contribution in [2.24, 2.45) is 0 Å². The fourth-order valence-electron chi connectivity index (χ4n) is 2.78. The number of carbonyl (C=O) groups excluding carboxylic acids is 2. The van der Waals surface area contributed by atoms with Gasteiger partial charge >= 0.3 is 0 Å². The van der Waals surface area contributed by atoms with E-state index in [1.807, 2.05) is 44.2 Å². The zero-order valence-electron chi connectivity index (χ0n) is 16.3. The molecule has 2 N–H and O–H groups in total. The van der Waals surface area contributed by atoms with Crippen LogP contribution in [0.2, 0.25) is 10.0 Å². The van der Waals surface area contributed by atoms with Crippen molar-refractivity contribution in [2.45, 2.75) is 26.3 Å². The lowest BCUT2D eigenvalue weighted by molar-refractivity contribution is -0.132. The van der Waals surface area contributed by atoms with Crippen LogP contribution < -0.4 is 10.6 Å². The molecule has 2 aromatic rings. The van der Waals surface area contributed by atoms with E-state index in [4.69, 9.17) is 23.2 Å². The average molecular weight is 422 g/mol. The molecule has 0 aliphatic heterocycles. The van der Waals surface area contributed by atoms with Crippen LogP contribution in [0.15, 0.2) is 42.5 Å². The Kier molecular flexibility index (Phi) is 8.30. The summed E-state index contributed by atoms with van der Waals surface area (Å²) in [6.07, 6.45) is 0.820. The average Bonchev–Trinajstić information content (AvgIpc) is 2.66. The maximum Gasteiger partial charge on any atom is 0.243 e. The Bertz CT molecular complexity index is 842. The first kappa shape index (κ1) is 22.2. The lowest BCUT2D eigenvalue weighted by atomic mass is 10.1. The van der Waals surface area contributed by atoms with Crippen LogP contribution in [0.5, 0.6) is 0 Å². The molecule has 0 saturated heterocycles. The van der Waals surface area contributed by atoms with Crippen LogP contribution >= 0.6 is 23.2 Å². The molecule has 0 spiro atoms. The van der Waals surface area contributed by atoms with Crippen molar-refractivity contribution in [3.8, 4) is 0 Å². The van der Waals surface area contributed by atoms with Gasteiger partial charge in [0, 0.05) is 28.8 Å². The van der Waals surface area contributed by atoms with Gasteiger partial charge in [-0.1, -0.05) is 54.4 Å². The third kappa shape index (κ3) is 6.23. The van der Waals surface area contributed by atoms with Crippen molar-refractivity contribution in [1.82, 2.24) is 10.2 Å². The van der Waals surface area contributed by atoms with Crippen molar-refractivity contribution < 1.29 is 9.59 Å². The predicted molar refractivity (Wildman–Crippen MR) is 115 cm³/mol. The number of likely N-dealkylation sites (N-methyl/N-ethyl adjacent to an activating group) is 1. The Morgan fingerprint density at radius 1 is 1.14 bits per heavy atom. The maximum atomic E-state index is 12.4. The number of amides is 2. The zero-order valence-corrected chi connectivity index (χ0v) is 17.8. The molecule has 0 fully saturated rings. The van der Waals surface area contributed by atoms with E-state index >= 15 is 0 Å². The molecule has 150 valence electrons. The highest BCUT2D eigenvalue weighted by Crippen LogP contribution is 2.25. The van der Waals surface area contributed by atoms with E-state index in [0.717, 1.165) is 23.2 Å². The van der Waals surface area contributed by atoms with E-state index in [1.54, 1.807) is 19.2 Å². The summed E-state index contributed by atoms with van der Waals surface area (Å²) in [5.74, 6) is -0.415. The number of aryl methyl sites for hydroxylation is 1. The second-order valence-corrected chi connectivity index (χ2v) is 7.42. The normalized spacial score (nSPS) is 11.8. The van der Waals surface area contributed by atoms with E-state index < -0.39 is 0 Å². The van der Waals surface area contributed by atoms with Gasteiger partial charge in [-0.2, -0.15) is 0 Å². The Morgan fingerprint density at radius 2 is 1.86 bits per heavy atom. The van der Waals surface area contributed by atoms with Gasteiger partial charge in [-0.15, -0.1) is 0 Å². The van der Waals surface area contributed by atoms with Crippen LogP contribution in [0.4, 0.5) is 5.69 Å². The number of anilines is 1. The van der Waals surface area contributed by atoms with E-state index in [2.05, 4.69) is 10.6 Å². The summed E-state index contributed by atoms with van der Waals surface area (Å²) in [6.45, 7) is 4.02. The Morgan fingerprint density at radius 3 is 2.54 bits per heavy atom. The number of halogens is 2. The summed E-state index contributed by atoms with van der Waals surface area (Å²) >= 11 is 12.1. The molecule has 0 unspecified atom stereocenters. The largest absolute Gasteiger partial charge is 0.335 e. The van der Waals surface area contributed by atoms with Crippen LogP contribution in [-0.4, -0.2) is 36.9 Å². The molecule has 0 saturated carbocycles. The van der Waals surface area contributed by atoms with Gasteiger partial charge in [-0.25, -0.2) is 0 Å². The van der Waals surface area contributed by atoms with Gasteiger partial charge in [0.1, 0.15) is 0 Å². The molecular formula is C21H25Cl2N3O2. The molecule has 1 atom stereocenters. The minimum atomic E-state index is -0.231. The minimum Gasteiger partial charge on any atom is -0.335 e. The molecule has 2 rings (SSSR count). The summed E-state index contributed by atoms with van der Waals surface area (Å²) in [5, 5.41) is 7.10. The van der Waals surface area contributed by atoms with Gasteiger partial charge in [0.15, 0.2) is 0 Å². The van der Waals surface area contributed by atoms with Crippen LogP contribution in [0.25, 0.3) is 0 Å². The highest BCUT2D eigenvalue weighted by atomic mass is 35.5. The summed E-state index contributed by atoms with van der Waals surface area (Å²) in [5.41, 5.74) is 2.69. The molecule has 5 nitrogen and oxygen atoms in total. The molecular weight excluding hydrogens is 397 g/mol. The van der Waals surface area contributed by atoms with E-state index in [9.17, 15) is 9.59 Å².